The highest BCUT2D eigenvalue weighted by atomic mass is 16.3. The van der Waals surface area contributed by atoms with Gasteiger partial charge in [0.2, 0.25) is 11.8 Å². The van der Waals surface area contributed by atoms with Crippen molar-refractivity contribution in [2.75, 3.05) is 6.54 Å². The molecular weight excluding hydrogens is 302 g/mol. The third-order valence-corrected chi connectivity index (χ3v) is 4.28. The maximum atomic E-state index is 12.3. The predicted octanol–water partition coefficient (Wildman–Crippen LogP) is 1.99. The lowest BCUT2D eigenvalue weighted by Crippen LogP contribution is -2.31. The highest BCUT2D eigenvalue weighted by Gasteiger charge is 2.45. The minimum atomic E-state index is -0.938. The molecule has 2 aliphatic rings. The van der Waals surface area contributed by atoms with Gasteiger partial charge < -0.3 is 5.11 Å². The lowest BCUT2D eigenvalue weighted by atomic mass is 9.91. The molecule has 1 aromatic carbocycles. The van der Waals surface area contributed by atoms with Crippen LogP contribution < -0.4 is 0 Å². The monoisotopic (exact) mass is 321 g/mol. The molecule has 1 saturated heterocycles. The molecule has 0 radical (unpaired) electrons. The third-order valence-electron chi connectivity index (χ3n) is 4.28. The van der Waals surface area contributed by atoms with E-state index >= 15 is 0 Å². The molecule has 1 heterocycles. The van der Waals surface area contributed by atoms with Gasteiger partial charge in [-0.1, -0.05) is 48.3 Å². The zero-order valence-electron chi connectivity index (χ0n) is 13.7. The van der Waals surface area contributed by atoms with Crippen molar-refractivity contribution in [3.8, 4) is 11.8 Å². The van der Waals surface area contributed by atoms with E-state index in [1.165, 1.54) is 4.90 Å². The molecule has 2 atom stereocenters. The van der Waals surface area contributed by atoms with Gasteiger partial charge in [-0.2, -0.15) is 0 Å². The number of likely N-dealkylation sites (tertiary alicyclic amines) is 1. The van der Waals surface area contributed by atoms with E-state index in [-0.39, 0.29) is 30.2 Å². The normalized spacial score (nSPS) is 22.4. The SMILES string of the molecule is CC(C)(O)c1cccc(C#CCN2C(=O)C3C=CC=CC3C2=O)c1. The second kappa shape index (κ2) is 6.10. The fourth-order valence-corrected chi connectivity index (χ4v) is 2.90. The molecule has 24 heavy (non-hydrogen) atoms. The maximum absolute atomic E-state index is 12.3. The van der Waals surface area contributed by atoms with Crippen LogP contribution in [0.2, 0.25) is 0 Å². The zero-order chi connectivity index (χ0) is 17.3. The molecule has 2 unspecified atom stereocenters. The Morgan fingerprint density at radius 2 is 1.75 bits per heavy atom. The molecule has 0 aromatic heterocycles. The summed E-state index contributed by atoms with van der Waals surface area (Å²) in [6.45, 7) is 3.51. The van der Waals surface area contributed by atoms with Gasteiger partial charge in [0.1, 0.15) is 0 Å². The van der Waals surface area contributed by atoms with Crippen LogP contribution in [0.1, 0.15) is 25.0 Å². The molecule has 1 aromatic rings. The van der Waals surface area contributed by atoms with Gasteiger partial charge in [-0.05, 0) is 31.5 Å². The van der Waals surface area contributed by atoms with Gasteiger partial charge in [0.25, 0.3) is 0 Å². The first-order chi connectivity index (χ1) is 11.4. The van der Waals surface area contributed by atoms with Crippen LogP contribution in [0.4, 0.5) is 0 Å². The Kier molecular flexibility index (Phi) is 4.13. The first kappa shape index (κ1) is 16.2. The van der Waals surface area contributed by atoms with E-state index in [0.29, 0.717) is 0 Å². The molecule has 1 aliphatic heterocycles. The molecule has 1 N–H and O–H groups in total. The Labute approximate surface area is 141 Å². The summed E-state index contributed by atoms with van der Waals surface area (Å²) in [7, 11) is 0. The second-order valence-corrected chi connectivity index (χ2v) is 6.53. The third kappa shape index (κ3) is 3.04. The number of hydrogen-bond donors (Lipinski definition) is 1. The number of allylic oxidation sites excluding steroid dienone is 2. The molecule has 3 rings (SSSR count). The van der Waals surface area contributed by atoms with Gasteiger partial charge in [0, 0.05) is 5.56 Å². The second-order valence-electron chi connectivity index (χ2n) is 6.53. The summed E-state index contributed by atoms with van der Waals surface area (Å²) >= 11 is 0. The van der Waals surface area contributed by atoms with Gasteiger partial charge >= 0.3 is 0 Å². The molecule has 0 bridgehead atoms. The number of amides is 2. The minimum Gasteiger partial charge on any atom is -0.386 e. The highest BCUT2D eigenvalue weighted by molar-refractivity contribution is 6.07. The Bertz CT molecular complexity index is 772. The summed E-state index contributed by atoms with van der Waals surface area (Å²) in [4.78, 5) is 25.8. The first-order valence-electron chi connectivity index (χ1n) is 7.90. The van der Waals surface area contributed by atoms with E-state index in [4.69, 9.17) is 0 Å². The molecule has 4 nitrogen and oxygen atoms in total. The minimum absolute atomic E-state index is 0.0824. The van der Waals surface area contributed by atoms with Crippen LogP contribution in [0.25, 0.3) is 0 Å². The van der Waals surface area contributed by atoms with Crippen LogP contribution in [0.3, 0.4) is 0 Å². The van der Waals surface area contributed by atoms with Gasteiger partial charge in [-0.25, -0.2) is 0 Å². The molecular formula is C20H19NO3. The standard InChI is InChI=1S/C20H19NO3/c1-20(2,24)15-9-5-7-14(13-15)8-6-12-21-18(22)16-10-3-4-11-17(16)19(21)23/h3-5,7,9-11,13,16-17,24H,12H2,1-2H3. The summed E-state index contributed by atoms with van der Waals surface area (Å²) in [5, 5.41) is 10.0. The van der Waals surface area contributed by atoms with Crippen molar-refractivity contribution in [3.63, 3.8) is 0 Å². The van der Waals surface area contributed by atoms with Crippen molar-refractivity contribution in [2.45, 2.75) is 19.4 Å². The molecule has 1 fully saturated rings. The van der Waals surface area contributed by atoms with Crippen molar-refractivity contribution >= 4 is 11.8 Å². The van der Waals surface area contributed by atoms with Crippen LogP contribution in [-0.4, -0.2) is 28.4 Å². The van der Waals surface area contributed by atoms with Crippen molar-refractivity contribution in [1.82, 2.24) is 4.90 Å². The van der Waals surface area contributed by atoms with Crippen LogP contribution in [0.15, 0.2) is 48.6 Å². The van der Waals surface area contributed by atoms with E-state index < -0.39 is 5.60 Å². The summed E-state index contributed by atoms with van der Waals surface area (Å²) in [5.74, 6) is 4.71. The van der Waals surface area contributed by atoms with Crippen LogP contribution in [-0.2, 0) is 15.2 Å². The number of nitrogens with zero attached hydrogens (tertiary/aromatic N) is 1. The number of fused-ring (bicyclic) bond motifs is 1. The fourth-order valence-electron chi connectivity index (χ4n) is 2.90. The Balaban J connectivity index is 1.74. The highest BCUT2D eigenvalue weighted by Crippen LogP contribution is 2.30. The Morgan fingerprint density at radius 3 is 2.33 bits per heavy atom. The Hall–Kier alpha value is -2.64. The van der Waals surface area contributed by atoms with Crippen LogP contribution in [0.5, 0.6) is 0 Å². The summed E-state index contributed by atoms with van der Waals surface area (Å²) in [6, 6.07) is 7.31. The molecule has 1 aliphatic carbocycles. The number of aliphatic hydroxyl groups is 1. The zero-order valence-corrected chi connectivity index (χ0v) is 13.7. The quantitative estimate of drug-likeness (QED) is 0.669. The predicted molar refractivity (Wildman–Crippen MR) is 90.5 cm³/mol. The smallest absolute Gasteiger partial charge is 0.238 e. The lowest BCUT2D eigenvalue weighted by molar-refractivity contribution is -0.138. The van der Waals surface area contributed by atoms with E-state index in [2.05, 4.69) is 11.8 Å². The molecule has 122 valence electrons. The van der Waals surface area contributed by atoms with E-state index in [0.717, 1.165) is 11.1 Å². The van der Waals surface area contributed by atoms with Gasteiger partial charge in [-0.3, -0.25) is 14.5 Å². The molecule has 2 amide bonds. The fraction of sp³-hybridized carbons (Fsp3) is 0.300. The number of carbonyl (C=O) groups is 2. The number of hydrogen-bond acceptors (Lipinski definition) is 3. The van der Waals surface area contributed by atoms with Gasteiger partial charge in [0.05, 0.1) is 24.0 Å². The molecule has 0 spiro atoms. The molecule has 4 heteroatoms. The summed E-state index contributed by atoms with van der Waals surface area (Å²) < 4.78 is 0. The average molecular weight is 321 g/mol. The maximum Gasteiger partial charge on any atom is 0.238 e. The van der Waals surface area contributed by atoms with Crippen molar-refractivity contribution in [2.24, 2.45) is 11.8 Å². The first-order valence-corrected chi connectivity index (χ1v) is 7.90. The number of rotatable bonds is 2. The lowest BCUT2D eigenvalue weighted by Gasteiger charge is -2.17. The largest absolute Gasteiger partial charge is 0.386 e. The van der Waals surface area contributed by atoms with E-state index in [1.54, 1.807) is 38.2 Å². The van der Waals surface area contributed by atoms with E-state index in [1.807, 2.05) is 24.3 Å². The van der Waals surface area contributed by atoms with Crippen LogP contribution >= 0.6 is 0 Å². The summed E-state index contributed by atoms with van der Waals surface area (Å²) in [5.41, 5.74) is 0.572. The number of benzene rings is 1. The number of carbonyl (C=O) groups excluding carboxylic acids is 2. The topological polar surface area (TPSA) is 57.6 Å². The average Bonchev–Trinajstić information content (AvgIpc) is 2.80. The van der Waals surface area contributed by atoms with Gasteiger partial charge in [-0.15, -0.1) is 0 Å². The van der Waals surface area contributed by atoms with Crippen molar-refractivity contribution < 1.29 is 14.7 Å². The van der Waals surface area contributed by atoms with Gasteiger partial charge in [0.15, 0.2) is 0 Å². The van der Waals surface area contributed by atoms with E-state index in [9.17, 15) is 14.7 Å². The van der Waals surface area contributed by atoms with Crippen molar-refractivity contribution in [1.29, 1.82) is 0 Å². The van der Waals surface area contributed by atoms with Crippen LogP contribution in [0, 0.1) is 23.7 Å². The van der Waals surface area contributed by atoms with Crippen molar-refractivity contribution in [3.05, 3.63) is 59.7 Å². The molecule has 0 saturated carbocycles. The number of imide groups is 1. The summed E-state index contributed by atoms with van der Waals surface area (Å²) in [6.07, 6.45) is 7.13. The Morgan fingerprint density at radius 1 is 1.12 bits per heavy atom.